The summed E-state index contributed by atoms with van der Waals surface area (Å²) in [5.41, 5.74) is 3.12. The van der Waals surface area contributed by atoms with Crippen LogP contribution in [0.3, 0.4) is 0 Å². The van der Waals surface area contributed by atoms with Gasteiger partial charge < -0.3 is 14.5 Å². The number of carbonyl (C=O) groups excluding carboxylic acids is 4. The number of Topliss-reactive ketones (excluding diaryl/α,β-unsaturated/α-hetero) is 2. The topological polar surface area (TPSA) is 84.0 Å². The minimum absolute atomic E-state index is 0.0408. The quantitative estimate of drug-likeness (QED) is 0.361. The number of rotatable bonds is 1. The fraction of sp³-hybridized carbons (Fsp3) is 0.556. The van der Waals surface area contributed by atoms with E-state index in [4.69, 9.17) is 4.74 Å². The largest absolute Gasteiger partial charge is 0.378 e. The molecule has 1 aliphatic carbocycles. The Bertz CT molecular complexity index is 1040. The first-order valence-electron chi connectivity index (χ1n) is 12.0. The molecule has 2 heterocycles. The molecule has 0 N–H and O–H groups in total. The van der Waals surface area contributed by atoms with Crippen molar-refractivity contribution in [3.8, 4) is 11.8 Å². The summed E-state index contributed by atoms with van der Waals surface area (Å²) in [6, 6.07) is 3.89. The fourth-order valence-corrected chi connectivity index (χ4v) is 5.73. The predicted molar refractivity (Wildman–Crippen MR) is 126 cm³/mol. The zero-order chi connectivity index (χ0) is 24.5. The number of likely N-dealkylation sites (tertiary alicyclic amines) is 1. The number of carbonyl (C=O) groups is 4. The minimum Gasteiger partial charge on any atom is -0.378 e. The molecule has 0 radical (unpaired) electrons. The van der Waals surface area contributed by atoms with Crippen LogP contribution in [0.5, 0.6) is 0 Å². The second kappa shape index (κ2) is 9.71. The second-order valence-corrected chi connectivity index (χ2v) is 9.81. The number of amides is 2. The maximum absolute atomic E-state index is 13.3. The van der Waals surface area contributed by atoms with E-state index in [0.29, 0.717) is 65.1 Å². The van der Waals surface area contributed by atoms with Crippen molar-refractivity contribution in [2.75, 3.05) is 39.4 Å². The van der Waals surface area contributed by atoms with E-state index in [-0.39, 0.29) is 11.6 Å². The van der Waals surface area contributed by atoms with Gasteiger partial charge in [0.1, 0.15) is 17.5 Å². The maximum Gasteiger partial charge on any atom is 0.312 e. The Hall–Kier alpha value is -2.98. The summed E-state index contributed by atoms with van der Waals surface area (Å²) in [6.07, 6.45) is 1.78. The molecule has 1 aromatic carbocycles. The predicted octanol–water partition coefficient (Wildman–Crippen LogP) is 2.16. The average molecular weight is 465 g/mol. The SMILES string of the molecule is CC#Cc1cc(C)c(C2C(=O)CC3(CCN(C(=O)C(=O)N4CCOCC4)CC3)CC2=O)c(C)c1. The van der Waals surface area contributed by atoms with Crippen molar-refractivity contribution in [2.45, 2.75) is 52.4 Å². The number of nitrogens with zero attached hydrogens (tertiary/aromatic N) is 2. The maximum atomic E-state index is 13.3. The third-order valence-corrected chi connectivity index (χ3v) is 7.49. The lowest BCUT2D eigenvalue weighted by molar-refractivity contribution is -0.156. The molecule has 0 bridgehead atoms. The van der Waals surface area contributed by atoms with Gasteiger partial charge in [0.25, 0.3) is 0 Å². The molecule has 3 aliphatic rings. The van der Waals surface area contributed by atoms with E-state index in [0.717, 1.165) is 22.3 Å². The lowest BCUT2D eigenvalue weighted by Crippen LogP contribution is -2.53. The van der Waals surface area contributed by atoms with Crippen molar-refractivity contribution in [1.29, 1.82) is 0 Å². The molecule has 1 saturated carbocycles. The molecule has 3 fully saturated rings. The lowest BCUT2D eigenvalue weighted by atomic mass is 9.62. The van der Waals surface area contributed by atoms with Crippen molar-refractivity contribution in [3.63, 3.8) is 0 Å². The van der Waals surface area contributed by atoms with Crippen LogP contribution in [0.2, 0.25) is 0 Å². The normalized spacial score (nSPS) is 20.8. The Morgan fingerprint density at radius 1 is 0.912 bits per heavy atom. The van der Waals surface area contributed by atoms with Crippen LogP contribution in [-0.4, -0.2) is 72.6 Å². The van der Waals surface area contributed by atoms with Gasteiger partial charge in [0.2, 0.25) is 0 Å². The highest BCUT2D eigenvalue weighted by molar-refractivity contribution is 6.34. The second-order valence-electron chi connectivity index (χ2n) is 9.81. The summed E-state index contributed by atoms with van der Waals surface area (Å²) >= 11 is 0. The third kappa shape index (κ3) is 4.65. The molecular formula is C27H32N2O5. The zero-order valence-electron chi connectivity index (χ0n) is 20.2. The molecule has 2 saturated heterocycles. The summed E-state index contributed by atoms with van der Waals surface area (Å²) in [5.74, 6) is 4.14. The molecule has 1 spiro atoms. The van der Waals surface area contributed by atoms with Crippen LogP contribution in [0.25, 0.3) is 0 Å². The fourth-order valence-electron chi connectivity index (χ4n) is 5.73. The van der Waals surface area contributed by atoms with Gasteiger partial charge in [-0.25, -0.2) is 0 Å². The smallest absolute Gasteiger partial charge is 0.312 e. The van der Waals surface area contributed by atoms with E-state index in [2.05, 4.69) is 11.8 Å². The number of ketones is 2. The number of aryl methyl sites for hydroxylation is 2. The van der Waals surface area contributed by atoms with Crippen molar-refractivity contribution >= 4 is 23.4 Å². The number of piperidine rings is 1. The molecular weight excluding hydrogens is 432 g/mol. The van der Waals surface area contributed by atoms with Crippen LogP contribution in [0.4, 0.5) is 0 Å². The van der Waals surface area contributed by atoms with Crippen molar-refractivity contribution < 1.29 is 23.9 Å². The van der Waals surface area contributed by atoms with Gasteiger partial charge in [-0.3, -0.25) is 19.2 Å². The molecule has 34 heavy (non-hydrogen) atoms. The van der Waals surface area contributed by atoms with Crippen LogP contribution in [0.1, 0.15) is 60.8 Å². The van der Waals surface area contributed by atoms with E-state index >= 15 is 0 Å². The van der Waals surface area contributed by atoms with E-state index in [9.17, 15) is 19.2 Å². The van der Waals surface area contributed by atoms with Crippen molar-refractivity contribution in [3.05, 3.63) is 34.4 Å². The Kier molecular flexibility index (Phi) is 6.90. The van der Waals surface area contributed by atoms with Gasteiger partial charge in [-0.2, -0.15) is 0 Å². The zero-order valence-corrected chi connectivity index (χ0v) is 20.2. The van der Waals surface area contributed by atoms with Crippen LogP contribution < -0.4 is 0 Å². The van der Waals surface area contributed by atoms with Crippen molar-refractivity contribution in [2.24, 2.45) is 5.41 Å². The van der Waals surface area contributed by atoms with Gasteiger partial charge >= 0.3 is 11.8 Å². The third-order valence-electron chi connectivity index (χ3n) is 7.49. The summed E-state index contributed by atoms with van der Waals surface area (Å²) in [7, 11) is 0. The minimum atomic E-state index is -0.725. The molecule has 7 nitrogen and oxygen atoms in total. The first kappa shape index (κ1) is 24.2. The van der Waals surface area contributed by atoms with Crippen molar-refractivity contribution in [1.82, 2.24) is 9.80 Å². The molecule has 7 heteroatoms. The van der Waals surface area contributed by atoms with Gasteiger partial charge in [-0.05, 0) is 67.9 Å². The Labute approximate surface area is 200 Å². The standard InChI is InChI=1S/C27H32N2O5/c1-4-5-20-14-18(2)23(19(3)15-20)24-21(30)16-27(17-22(24)31)6-8-28(9-7-27)25(32)26(33)29-10-12-34-13-11-29/h14-15,24H,6-13,16-17H2,1-3H3. The van der Waals surface area contributed by atoms with E-state index < -0.39 is 23.1 Å². The number of hydrogen-bond acceptors (Lipinski definition) is 5. The molecule has 4 rings (SSSR count). The van der Waals surface area contributed by atoms with E-state index in [1.807, 2.05) is 26.0 Å². The molecule has 0 aromatic heterocycles. The van der Waals surface area contributed by atoms with Gasteiger partial charge in [-0.15, -0.1) is 5.92 Å². The van der Waals surface area contributed by atoms with Crippen LogP contribution in [0.15, 0.2) is 12.1 Å². The highest BCUT2D eigenvalue weighted by atomic mass is 16.5. The summed E-state index contributed by atoms with van der Waals surface area (Å²) < 4.78 is 5.25. The monoisotopic (exact) mass is 464 g/mol. The molecule has 2 aliphatic heterocycles. The highest BCUT2D eigenvalue weighted by Crippen LogP contribution is 2.46. The van der Waals surface area contributed by atoms with Gasteiger partial charge in [-0.1, -0.05) is 5.92 Å². The Morgan fingerprint density at radius 3 is 1.91 bits per heavy atom. The molecule has 2 amide bonds. The first-order chi connectivity index (χ1) is 16.2. The number of benzene rings is 1. The van der Waals surface area contributed by atoms with Gasteiger partial charge in [0.15, 0.2) is 0 Å². The first-order valence-corrected chi connectivity index (χ1v) is 12.0. The molecule has 0 atom stereocenters. The number of morpholine rings is 1. The summed E-state index contributed by atoms with van der Waals surface area (Å²) in [5, 5.41) is 0. The number of hydrogen-bond donors (Lipinski definition) is 0. The molecule has 1 aromatic rings. The van der Waals surface area contributed by atoms with Gasteiger partial charge in [0.05, 0.1) is 13.2 Å². The molecule has 180 valence electrons. The number of ether oxygens (including phenoxy) is 1. The summed E-state index contributed by atoms with van der Waals surface area (Å²) in [4.78, 5) is 55.1. The van der Waals surface area contributed by atoms with Crippen LogP contribution in [-0.2, 0) is 23.9 Å². The van der Waals surface area contributed by atoms with E-state index in [1.54, 1.807) is 11.8 Å². The van der Waals surface area contributed by atoms with Gasteiger partial charge in [0, 0.05) is 44.6 Å². The average Bonchev–Trinajstić information content (AvgIpc) is 2.81. The van der Waals surface area contributed by atoms with Crippen LogP contribution >= 0.6 is 0 Å². The highest BCUT2D eigenvalue weighted by Gasteiger charge is 2.48. The van der Waals surface area contributed by atoms with Crippen LogP contribution in [0, 0.1) is 31.1 Å². The Balaban J connectivity index is 1.43. The lowest BCUT2D eigenvalue weighted by Gasteiger charge is -2.45. The Morgan fingerprint density at radius 2 is 1.41 bits per heavy atom. The van der Waals surface area contributed by atoms with E-state index in [1.165, 1.54) is 4.90 Å². The summed E-state index contributed by atoms with van der Waals surface area (Å²) in [6.45, 7) is 8.18. The molecule has 0 unspecified atom stereocenters.